The van der Waals surface area contributed by atoms with Crippen LogP contribution in [0.5, 0.6) is 0 Å². The summed E-state index contributed by atoms with van der Waals surface area (Å²) >= 11 is 2.95. The fourth-order valence-electron chi connectivity index (χ4n) is 15.2. The fraction of sp³-hybridized carbons (Fsp3) is 0.560. The van der Waals surface area contributed by atoms with Crippen molar-refractivity contribution in [2.75, 3.05) is 74.9 Å². The van der Waals surface area contributed by atoms with Gasteiger partial charge in [0.1, 0.15) is 17.0 Å². The van der Waals surface area contributed by atoms with E-state index in [0.29, 0.717) is 77.3 Å². The number of unbranched alkanes of at least 4 members (excludes halogenated alkanes) is 3. The molecule has 5 atom stereocenters. The third-order valence-corrected chi connectivity index (χ3v) is 26.2. The van der Waals surface area contributed by atoms with Gasteiger partial charge in [-0.25, -0.2) is 35.3 Å². The van der Waals surface area contributed by atoms with E-state index in [9.17, 15) is 63.1 Å². The van der Waals surface area contributed by atoms with Crippen molar-refractivity contribution in [3.63, 3.8) is 0 Å². The second kappa shape index (κ2) is 32.1. The summed E-state index contributed by atoms with van der Waals surface area (Å²) in [4.78, 5) is 67.5. The van der Waals surface area contributed by atoms with Gasteiger partial charge in [-0.1, -0.05) is 108 Å². The summed E-state index contributed by atoms with van der Waals surface area (Å²) in [6, 6.07) is 22.7. The number of likely N-dealkylation sites (tertiary alicyclic amines) is 1. The molecular weight excluding hydrogens is 1390 g/mol. The second-order valence-electron chi connectivity index (χ2n) is 30.5. The SMILES string of the molecule is CCN(CCCCCCC(=O)N[C@H](C(=O)N1C[C@H](O)C[C@H]1C(=O)N[C@@H](C)c1ccc(-c2scnc2C)cc1)C(C)(C)C)CC[C@H](CSc1ccccc1)Nc1ccc(S(=O)(=O)NC(=O)c2ccc(N3CCN(CC4=C(C56CC(C(F)F)(C5)C6)CC(C)(C)CC4)CC3)cc2)cc1S(=O)(=O)C(F)(F)F. The zero-order valence-electron chi connectivity index (χ0n) is 59.5. The summed E-state index contributed by atoms with van der Waals surface area (Å²) < 4.78 is 128. The Balaban J connectivity index is 0.709. The van der Waals surface area contributed by atoms with Crippen molar-refractivity contribution in [2.45, 2.75) is 196 Å². The van der Waals surface area contributed by atoms with Crippen LogP contribution in [0.15, 0.2) is 128 Å². The van der Waals surface area contributed by atoms with Crippen LogP contribution in [0.1, 0.15) is 160 Å². The predicted octanol–water partition coefficient (Wildman–Crippen LogP) is 13.2. The number of aliphatic hydroxyl groups excluding tert-OH is 1. The number of thiazole rings is 1. The van der Waals surface area contributed by atoms with Gasteiger partial charge in [0.25, 0.3) is 25.8 Å². The number of aliphatic hydroxyl groups is 1. The van der Waals surface area contributed by atoms with E-state index in [-0.39, 0.29) is 47.4 Å². The minimum Gasteiger partial charge on any atom is -0.391 e. The summed E-state index contributed by atoms with van der Waals surface area (Å²) in [6.07, 6.45) is 4.67. The van der Waals surface area contributed by atoms with Gasteiger partial charge >= 0.3 is 5.51 Å². The van der Waals surface area contributed by atoms with Crippen molar-refractivity contribution in [3.05, 3.63) is 131 Å². The Labute approximate surface area is 605 Å². The van der Waals surface area contributed by atoms with Gasteiger partial charge < -0.3 is 35.8 Å². The third kappa shape index (κ3) is 18.4. The average Bonchev–Trinajstić information content (AvgIpc) is 0.782. The Morgan fingerprint density at radius 2 is 1.53 bits per heavy atom. The molecule has 0 unspecified atom stereocenters. The first-order valence-corrected chi connectivity index (χ1v) is 40.3. The number of carbonyl (C=O) groups excluding carboxylic acids is 4. The molecule has 4 aliphatic carbocycles. The number of β-amino-alcohol motifs (C(OH)–C–C–N with tert-alkyl or cyclic N) is 1. The van der Waals surface area contributed by atoms with Crippen LogP contribution in [0.4, 0.5) is 33.3 Å². The van der Waals surface area contributed by atoms with Crippen molar-refractivity contribution in [1.82, 2.24) is 35.0 Å². The number of benzene rings is 4. The topological polar surface area (TPSA) is 231 Å². The zero-order valence-corrected chi connectivity index (χ0v) is 62.8. The minimum atomic E-state index is -6.18. The van der Waals surface area contributed by atoms with Gasteiger partial charge in [0.2, 0.25) is 24.1 Å². The molecule has 3 heterocycles. The highest BCUT2D eigenvalue weighted by Gasteiger charge is 2.73. The maximum Gasteiger partial charge on any atom is 0.501 e. The highest BCUT2D eigenvalue weighted by atomic mass is 32.2. The van der Waals surface area contributed by atoms with Crippen LogP contribution in [0.25, 0.3) is 10.4 Å². The molecule has 11 rings (SSSR count). The average molecular weight is 1490 g/mol. The molecule has 2 saturated heterocycles. The Kier molecular flexibility index (Phi) is 24.6. The number of carbonyl (C=O) groups is 4. The molecule has 5 N–H and O–H groups in total. The standard InChI is InChI=1S/C75H98F5N9O9S4/c1-9-86(33-16-11-10-15-19-64(91)84-66(71(4,5)6)69(94)89-43-57(90)39-62(89)68(93)82-49(2)51-20-22-52(23-21-51)65-50(3)81-48-100-65)34-31-55(44-99-58-17-13-12-14-18-58)83-61-29-28-59(40-63(61)101(95,96)75(78,79)80)102(97,98)85-67(92)53-24-26-56(27-25-53)88-37-35-87(36-38-88)42-54-30-32-72(7,8)41-60(54)73-45-74(46-73,47-73)70(76)77/h12-14,17-18,20-29,40,48-49,55,57,62,66,70,83,90H,9-11,15-16,19,30-39,41-47H2,1-8H3,(H,82,93)(H,84,91)(H,85,92)/t49-,55+,57+,62-,66+,73?,74?/m0/s1. The lowest BCUT2D eigenvalue weighted by atomic mass is 9.32. The highest BCUT2D eigenvalue weighted by molar-refractivity contribution is 7.99. The largest absolute Gasteiger partial charge is 0.501 e. The lowest BCUT2D eigenvalue weighted by Gasteiger charge is -2.72. The van der Waals surface area contributed by atoms with Crippen LogP contribution in [-0.2, 0) is 34.2 Å². The Morgan fingerprint density at radius 3 is 2.16 bits per heavy atom. The first-order valence-electron chi connectivity index (χ1n) is 35.4. The van der Waals surface area contributed by atoms with Crippen LogP contribution in [0, 0.1) is 28.6 Å². The first-order chi connectivity index (χ1) is 48.1. The minimum absolute atomic E-state index is 0.0490. The number of anilines is 2. The van der Waals surface area contributed by atoms with E-state index < -0.39 is 106 Å². The number of halogens is 5. The Bertz CT molecular complexity index is 4030. The summed E-state index contributed by atoms with van der Waals surface area (Å²) in [5, 5.41) is 19.8. The molecule has 5 fully saturated rings. The van der Waals surface area contributed by atoms with Crippen molar-refractivity contribution in [2.24, 2.45) is 21.7 Å². The molecule has 4 aromatic carbocycles. The van der Waals surface area contributed by atoms with E-state index in [1.54, 1.807) is 29.0 Å². The van der Waals surface area contributed by atoms with Crippen LogP contribution < -0.4 is 25.6 Å². The van der Waals surface area contributed by atoms with Gasteiger partial charge in [0, 0.05) is 92.0 Å². The molecule has 5 aromatic rings. The molecule has 0 spiro atoms. The number of thioether (sulfide) groups is 1. The van der Waals surface area contributed by atoms with E-state index in [1.165, 1.54) is 39.9 Å². The summed E-state index contributed by atoms with van der Waals surface area (Å²) in [6.45, 7) is 21.0. The molecule has 102 heavy (non-hydrogen) atoms. The normalized spacial score (nSPS) is 21.8. The Morgan fingerprint density at radius 1 is 0.853 bits per heavy atom. The molecule has 1 aromatic heterocycles. The van der Waals surface area contributed by atoms with Crippen molar-refractivity contribution in [1.29, 1.82) is 0 Å². The van der Waals surface area contributed by atoms with Crippen LogP contribution >= 0.6 is 23.1 Å². The number of amides is 4. The quantitative estimate of drug-likeness (QED) is 0.0120. The molecular formula is C75H98F5N9O9S4. The van der Waals surface area contributed by atoms with E-state index in [4.69, 9.17) is 0 Å². The van der Waals surface area contributed by atoms with E-state index >= 15 is 0 Å². The smallest absolute Gasteiger partial charge is 0.391 e. The number of allylic oxidation sites excluding steroid dienone is 1. The number of piperazine rings is 1. The maximum atomic E-state index is 14.6. The number of aromatic nitrogens is 1. The van der Waals surface area contributed by atoms with Gasteiger partial charge in [-0.2, -0.15) is 13.2 Å². The molecule has 3 saturated carbocycles. The Hall–Kier alpha value is -6.49. The van der Waals surface area contributed by atoms with Gasteiger partial charge in [-0.05, 0) is 167 Å². The van der Waals surface area contributed by atoms with E-state index in [1.807, 2.05) is 101 Å². The third-order valence-electron chi connectivity index (χ3n) is 21.2. The fourth-order valence-corrected chi connectivity index (χ4v) is 19.1. The van der Waals surface area contributed by atoms with Crippen LogP contribution in [0.3, 0.4) is 0 Å². The summed E-state index contributed by atoms with van der Waals surface area (Å²) in [7, 11) is -11.1. The molecule has 4 amide bonds. The highest BCUT2D eigenvalue weighted by Crippen LogP contribution is 2.79. The van der Waals surface area contributed by atoms with E-state index in [2.05, 4.69) is 49.5 Å². The lowest BCUT2D eigenvalue weighted by molar-refractivity contribution is -0.250. The number of rotatable bonds is 31. The van der Waals surface area contributed by atoms with Gasteiger partial charge in [0.15, 0.2) is 0 Å². The van der Waals surface area contributed by atoms with Crippen molar-refractivity contribution < 1.29 is 63.1 Å². The zero-order chi connectivity index (χ0) is 73.7. The number of alkyl halides is 5. The molecule has 556 valence electrons. The lowest BCUT2D eigenvalue weighted by Crippen LogP contribution is -2.66. The number of hydrogen-bond acceptors (Lipinski definition) is 16. The predicted molar refractivity (Wildman–Crippen MR) is 390 cm³/mol. The van der Waals surface area contributed by atoms with Crippen LogP contribution in [0.2, 0.25) is 0 Å². The van der Waals surface area contributed by atoms with Gasteiger partial charge in [-0.15, -0.1) is 23.1 Å². The van der Waals surface area contributed by atoms with Gasteiger partial charge in [-0.3, -0.25) is 24.1 Å². The first kappa shape index (κ1) is 78.1. The number of nitrogens with zero attached hydrogens (tertiary/aromatic N) is 5. The number of sulfone groups is 1. The van der Waals surface area contributed by atoms with E-state index in [0.717, 1.165) is 96.2 Å². The summed E-state index contributed by atoms with van der Waals surface area (Å²) in [5.74, 6) is -2.00. The molecule has 2 bridgehead atoms. The second-order valence-corrected chi connectivity index (χ2v) is 36.0. The maximum absolute atomic E-state index is 14.6. The number of sulfonamides is 1. The van der Waals surface area contributed by atoms with Gasteiger partial charge in [0.05, 0.1) is 38.8 Å². The summed E-state index contributed by atoms with van der Waals surface area (Å²) in [5.41, 5.74) is 0.349. The van der Waals surface area contributed by atoms with Crippen LogP contribution in [-0.4, -0.2) is 166 Å². The van der Waals surface area contributed by atoms with Crippen molar-refractivity contribution >= 4 is 78.0 Å². The number of aryl methyl sites for hydroxylation is 1. The molecule has 6 aliphatic rings. The molecule has 18 nitrogen and oxygen atoms in total. The number of hydrogen-bond donors (Lipinski definition) is 5. The molecule has 2 aliphatic heterocycles. The molecule has 27 heteroatoms. The van der Waals surface area contributed by atoms with Crippen molar-refractivity contribution in [3.8, 4) is 10.4 Å². The number of nitrogens with one attached hydrogen (secondary N) is 4. The molecule has 0 radical (unpaired) electrons. The monoisotopic (exact) mass is 1490 g/mol.